The topological polar surface area (TPSA) is 166 Å². The number of carbonyl (C=O) groups excluding carboxylic acids is 5. The quantitative estimate of drug-likeness (QED) is 0.189. The molecule has 2 aromatic carbocycles. The number of fused-ring (bicyclic) bond motifs is 6. The number of aryl methyl sites for hydroxylation is 1. The van der Waals surface area contributed by atoms with Crippen molar-refractivity contribution < 1.29 is 39.0 Å². The van der Waals surface area contributed by atoms with E-state index in [0.717, 1.165) is 41.7 Å². The highest BCUT2D eigenvalue weighted by atomic mass is 16.7. The second-order valence-electron chi connectivity index (χ2n) is 14.2. The molecule has 48 heavy (non-hydrogen) atoms. The molecule has 4 N–H and O–H groups in total. The van der Waals surface area contributed by atoms with Crippen molar-refractivity contribution >= 4 is 35.2 Å². The number of hydrogen-bond acceptors (Lipinski definition) is 9. The minimum atomic E-state index is -1.05. The SMILES string of the molecule is CC(=O)N(CCCNc1cccc2c1C(=O)N(C1CCC(=O)NC1=O)C2=O)O[C@H]1C[C@@]2(C)C(CC[C@@H]2O)C2CCc3cc(O)ccc3C21. The van der Waals surface area contributed by atoms with E-state index < -0.39 is 35.8 Å². The number of rotatable bonds is 8. The van der Waals surface area contributed by atoms with Crippen LogP contribution in [0.25, 0.3) is 0 Å². The number of hydroxylamine groups is 2. The molecule has 3 aliphatic carbocycles. The van der Waals surface area contributed by atoms with E-state index in [1.165, 1.54) is 12.0 Å². The summed E-state index contributed by atoms with van der Waals surface area (Å²) >= 11 is 0. The normalized spacial score (nSPS) is 30.7. The van der Waals surface area contributed by atoms with E-state index in [-0.39, 0.29) is 59.6 Å². The Kier molecular flexibility index (Phi) is 8.27. The van der Waals surface area contributed by atoms with Gasteiger partial charge in [0.15, 0.2) is 0 Å². The van der Waals surface area contributed by atoms with Gasteiger partial charge in [-0.3, -0.25) is 39.0 Å². The zero-order valence-corrected chi connectivity index (χ0v) is 27.2. The van der Waals surface area contributed by atoms with Crippen LogP contribution in [-0.2, 0) is 25.6 Å². The maximum absolute atomic E-state index is 13.5. The number of nitrogens with one attached hydrogen (secondary N) is 2. The molecule has 0 aromatic heterocycles. The Hall–Kier alpha value is -4.29. The van der Waals surface area contributed by atoms with Crippen LogP contribution >= 0.6 is 0 Å². The average molecular weight is 659 g/mol. The van der Waals surface area contributed by atoms with Gasteiger partial charge < -0.3 is 15.5 Å². The van der Waals surface area contributed by atoms with Crippen LogP contribution in [0.3, 0.4) is 0 Å². The summed E-state index contributed by atoms with van der Waals surface area (Å²) in [4.78, 5) is 71.2. The van der Waals surface area contributed by atoms with Gasteiger partial charge in [0.25, 0.3) is 11.8 Å². The lowest BCUT2D eigenvalue weighted by Gasteiger charge is -2.53. The minimum Gasteiger partial charge on any atom is -0.508 e. The van der Waals surface area contributed by atoms with Crippen molar-refractivity contribution in [3.63, 3.8) is 0 Å². The third-order valence-corrected chi connectivity index (χ3v) is 11.5. The van der Waals surface area contributed by atoms with Gasteiger partial charge in [0.05, 0.1) is 29.9 Å². The van der Waals surface area contributed by atoms with E-state index in [9.17, 15) is 34.2 Å². The van der Waals surface area contributed by atoms with Gasteiger partial charge in [-0.25, -0.2) is 5.06 Å². The fraction of sp³-hybridized carbons (Fsp3) is 0.528. The van der Waals surface area contributed by atoms with Crippen molar-refractivity contribution in [2.45, 2.75) is 89.4 Å². The fourth-order valence-electron chi connectivity index (χ4n) is 9.25. The molecule has 12 heteroatoms. The Morgan fingerprint density at radius 2 is 1.90 bits per heavy atom. The lowest BCUT2D eigenvalue weighted by Crippen LogP contribution is -2.54. The molecule has 0 spiro atoms. The molecule has 1 saturated heterocycles. The molecule has 4 unspecified atom stereocenters. The number of piperidine rings is 1. The molecule has 2 aliphatic heterocycles. The second-order valence-corrected chi connectivity index (χ2v) is 14.2. The first kappa shape index (κ1) is 32.3. The predicted molar refractivity (Wildman–Crippen MR) is 173 cm³/mol. The largest absolute Gasteiger partial charge is 0.508 e. The molecule has 2 heterocycles. The van der Waals surface area contributed by atoms with Crippen LogP contribution in [0.1, 0.15) is 96.6 Å². The molecule has 7 atom stereocenters. The highest BCUT2D eigenvalue weighted by Gasteiger charge is 2.58. The zero-order valence-electron chi connectivity index (χ0n) is 27.2. The van der Waals surface area contributed by atoms with Crippen molar-refractivity contribution in [2.75, 3.05) is 18.4 Å². The summed E-state index contributed by atoms with van der Waals surface area (Å²) in [6.07, 6.45) is 3.93. The number of phenolic OH excluding ortho intramolecular Hbond substituents is 1. The molecule has 5 amide bonds. The van der Waals surface area contributed by atoms with Gasteiger partial charge in [-0.1, -0.05) is 19.1 Å². The van der Waals surface area contributed by atoms with Crippen molar-refractivity contribution in [2.24, 2.45) is 17.3 Å². The molecule has 2 saturated carbocycles. The molecule has 12 nitrogen and oxygen atoms in total. The maximum Gasteiger partial charge on any atom is 0.264 e. The highest BCUT2D eigenvalue weighted by molar-refractivity contribution is 6.25. The van der Waals surface area contributed by atoms with Crippen LogP contribution in [0.4, 0.5) is 5.69 Å². The van der Waals surface area contributed by atoms with Crippen LogP contribution < -0.4 is 10.6 Å². The van der Waals surface area contributed by atoms with E-state index in [1.807, 2.05) is 12.1 Å². The number of amides is 5. The number of aliphatic hydroxyl groups excluding tert-OH is 1. The van der Waals surface area contributed by atoms with E-state index in [0.29, 0.717) is 36.9 Å². The van der Waals surface area contributed by atoms with Crippen LogP contribution in [0.15, 0.2) is 36.4 Å². The second kappa shape index (κ2) is 12.3. The number of hydrogen-bond donors (Lipinski definition) is 4. The summed E-state index contributed by atoms with van der Waals surface area (Å²) in [7, 11) is 0. The number of phenols is 1. The Morgan fingerprint density at radius 3 is 2.67 bits per heavy atom. The highest BCUT2D eigenvalue weighted by Crippen LogP contribution is 2.61. The van der Waals surface area contributed by atoms with Crippen molar-refractivity contribution in [1.82, 2.24) is 15.3 Å². The molecule has 0 bridgehead atoms. The fourth-order valence-corrected chi connectivity index (χ4v) is 9.25. The Labute approximate surface area is 278 Å². The van der Waals surface area contributed by atoms with E-state index >= 15 is 0 Å². The summed E-state index contributed by atoms with van der Waals surface area (Å²) in [5.74, 6) is -1.59. The maximum atomic E-state index is 13.5. The summed E-state index contributed by atoms with van der Waals surface area (Å²) < 4.78 is 0. The Bertz CT molecular complexity index is 1690. The van der Waals surface area contributed by atoms with Crippen molar-refractivity contribution in [3.8, 4) is 5.75 Å². The van der Waals surface area contributed by atoms with Crippen LogP contribution in [0.5, 0.6) is 5.75 Å². The van der Waals surface area contributed by atoms with Crippen molar-refractivity contribution in [3.05, 3.63) is 58.7 Å². The van der Waals surface area contributed by atoms with Gasteiger partial charge in [0.2, 0.25) is 17.7 Å². The average Bonchev–Trinajstić information content (AvgIpc) is 3.49. The van der Waals surface area contributed by atoms with Gasteiger partial charge in [0.1, 0.15) is 11.8 Å². The summed E-state index contributed by atoms with van der Waals surface area (Å²) in [6, 6.07) is 9.39. The number of nitrogens with zero attached hydrogens (tertiary/aromatic N) is 2. The standard InChI is InChI=1S/C36H42N4O8/c1-19(41)39(48-28-18-36(2)25(11-13-29(36)43)23-9-7-20-17-21(42)8-10-22(20)31(23)28)16-4-15-37-26-6-3-5-24-32(26)35(47)40(34(24)46)27-12-14-30(44)38-33(27)45/h3,5-6,8,10,17,23,25,27-29,31,37,42-43H,4,7,9,11-16,18H2,1-2H3,(H,38,44,45)/t23?,25?,27?,28-,29-,31?,36-/m0/s1. The predicted octanol–water partition coefficient (Wildman–Crippen LogP) is 3.27. The number of benzene rings is 2. The molecule has 7 rings (SSSR count). The summed E-state index contributed by atoms with van der Waals surface area (Å²) in [5, 5.41) is 28.1. The van der Waals surface area contributed by atoms with E-state index in [2.05, 4.69) is 17.6 Å². The molecule has 3 fully saturated rings. The smallest absolute Gasteiger partial charge is 0.264 e. The zero-order chi connectivity index (χ0) is 33.9. The van der Waals surface area contributed by atoms with Crippen LogP contribution in [0.2, 0.25) is 0 Å². The third kappa shape index (κ3) is 5.35. The Morgan fingerprint density at radius 1 is 1.08 bits per heavy atom. The van der Waals surface area contributed by atoms with Gasteiger partial charge in [0, 0.05) is 31.5 Å². The van der Waals surface area contributed by atoms with Crippen LogP contribution in [-0.4, -0.2) is 81.1 Å². The third-order valence-electron chi connectivity index (χ3n) is 11.5. The number of imide groups is 2. The Balaban J connectivity index is 1.05. The first-order valence-electron chi connectivity index (χ1n) is 17.0. The molecular formula is C36H42N4O8. The monoisotopic (exact) mass is 658 g/mol. The van der Waals surface area contributed by atoms with E-state index in [4.69, 9.17) is 4.84 Å². The van der Waals surface area contributed by atoms with Crippen molar-refractivity contribution in [1.29, 1.82) is 0 Å². The first-order chi connectivity index (χ1) is 23.0. The lowest BCUT2D eigenvalue weighted by atomic mass is 9.54. The number of anilines is 1. The minimum absolute atomic E-state index is 0.0282. The number of aliphatic hydroxyl groups is 1. The number of carbonyl (C=O) groups is 5. The molecule has 254 valence electrons. The molecule has 5 aliphatic rings. The van der Waals surface area contributed by atoms with Gasteiger partial charge in [-0.2, -0.15) is 0 Å². The van der Waals surface area contributed by atoms with Gasteiger partial charge in [-0.05, 0) is 97.6 Å². The molecular weight excluding hydrogens is 616 g/mol. The van der Waals surface area contributed by atoms with Crippen LogP contribution in [0, 0.1) is 17.3 Å². The summed E-state index contributed by atoms with van der Waals surface area (Å²) in [5.41, 5.74) is 2.75. The number of aromatic hydroxyl groups is 1. The first-order valence-corrected chi connectivity index (χ1v) is 17.0. The summed E-state index contributed by atoms with van der Waals surface area (Å²) in [6.45, 7) is 4.25. The molecule has 2 aromatic rings. The van der Waals surface area contributed by atoms with Gasteiger partial charge in [-0.15, -0.1) is 0 Å². The van der Waals surface area contributed by atoms with E-state index in [1.54, 1.807) is 24.3 Å². The van der Waals surface area contributed by atoms with Gasteiger partial charge >= 0.3 is 0 Å². The molecule has 0 radical (unpaired) electrons. The lowest BCUT2D eigenvalue weighted by molar-refractivity contribution is -0.232.